The number of hydrogen-bond donors (Lipinski definition) is 1. The lowest BCUT2D eigenvalue weighted by atomic mass is 10.1. The van der Waals surface area contributed by atoms with Crippen LogP contribution in [0.3, 0.4) is 0 Å². The normalized spacial score (nSPS) is 14.1. The van der Waals surface area contributed by atoms with Crippen molar-refractivity contribution in [1.29, 1.82) is 0 Å². The van der Waals surface area contributed by atoms with Crippen LogP contribution in [0.25, 0.3) is 0 Å². The first-order chi connectivity index (χ1) is 13.0. The van der Waals surface area contributed by atoms with Gasteiger partial charge in [0.05, 0.1) is 0 Å². The fourth-order valence-electron chi connectivity index (χ4n) is 3.21. The van der Waals surface area contributed by atoms with Gasteiger partial charge < -0.3 is 15.1 Å². The van der Waals surface area contributed by atoms with Crippen molar-refractivity contribution in [3.63, 3.8) is 0 Å². The molecule has 1 N–H and O–H groups in total. The molecule has 0 atom stereocenters. The van der Waals surface area contributed by atoms with Crippen LogP contribution in [0.2, 0.25) is 0 Å². The second-order valence-corrected chi connectivity index (χ2v) is 7.71. The Hall–Kier alpha value is -2.18. The molecule has 2 aromatic carbocycles. The molecule has 5 nitrogen and oxygen atoms in total. The van der Waals surface area contributed by atoms with E-state index >= 15 is 0 Å². The van der Waals surface area contributed by atoms with Crippen LogP contribution in [0.5, 0.6) is 0 Å². The molecule has 6 heteroatoms. The summed E-state index contributed by atoms with van der Waals surface area (Å²) in [6.07, 6.45) is 0. The highest BCUT2D eigenvalue weighted by molar-refractivity contribution is 9.10. The summed E-state index contributed by atoms with van der Waals surface area (Å²) < 4.78 is 0.845. The van der Waals surface area contributed by atoms with E-state index in [-0.39, 0.29) is 18.4 Å². The van der Waals surface area contributed by atoms with Gasteiger partial charge in [-0.3, -0.25) is 9.59 Å². The van der Waals surface area contributed by atoms with Crippen molar-refractivity contribution < 1.29 is 9.59 Å². The molecule has 2 aromatic rings. The Morgan fingerprint density at radius 1 is 1.11 bits per heavy atom. The summed E-state index contributed by atoms with van der Waals surface area (Å²) in [5.41, 5.74) is 2.73. The zero-order valence-electron chi connectivity index (χ0n) is 15.5. The van der Waals surface area contributed by atoms with E-state index in [1.54, 1.807) is 17.0 Å². The number of rotatable bonds is 5. The van der Waals surface area contributed by atoms with Gasteiger partial charge in [-0.15, -0.1) is 0 Å². The lowest BCUT2D eigenvalue weighted by molar-refractivity contribution is -0.132. The van der Waals surface area contributed by atoms with Gasteiger partial charge in [0.1, 0.15) is 6.54 Å². The maximum atomic E-state index is 13.1. The van der Waals surface area contributed by atoms with Crippen LogP contribution in [0, 0.1) is 6.92 Å². The van der Waals surface area contributed by atoms with Crippen LogP contribution in [0.1, 0.15) is 21.5 Å². The average molecular weight is 430 g/mol. The van der Waals surface area contributed by atoms with Gasteiger partial charge >= 0.3 is 0 Å². The molecule has 1 aliphatic rings. The molecule has 1 heterocycles. The van der Waals surface area contributed by atoms with Crippen molar-refractivity contribution >= 4 is 27.7 Å². The van der Waals surface area contributed by atoms with Crippen molar-refractivity contribution in [2.45, 2.75) is 13.5 Å². The Bertz CT molecular complexity index is 819. The molecular weight excluding hydrogens is 406 g/mol. The number of aryl methyl sites for hydroxylation is 1. The van der Waals surface area contributed by atoms with Crippen LogP contribution >= 0.6 is 15.9 Å². The molecule has 1 saturated heterocycles. The van der Waals surface area contributed by atoms with Crippen LogP contribution in [0.15, 0.2) is 53.0 Å². The molecule has 2 amide bonds. The molecular formula is C21H24BrN3O2. The predicted octanol–water partition coefficient (Wildman–Crippen LogP) is 2.83. The number of carbonyl (C=O) groups excluding carboxylic acids is 2. The molecule has 142 valence electrons. The predicted molar refractivity (Wildman–Crippen MR) is 110 cm³/mol. The summed E-state index contributed by atoms with van der Waals surface area (Å²) in [5.74, 6) is -0.145. The monoisotopic (exact) mass is 429 g/mol. The van der Waals surface area contributed by atoms with Crippen LogP contribution < -0.4 is 5.32 Å². The number of nitrogens with one attached hydrogen (secondary N) is 1. The average Bonchev–Trinajstić information content (AvgIpc) is 2.67. The number of nitrogens with zero attached hydrogens (tertiary/aromatic N) is 2. The molecule has 0 radical (unpaired) electrons. The van der Waals surface area contributed by atoms with Gasteiger partial charge in [-0.25, -0.2) is 0 Å². The lowest BCUT2D eigenvalue weighted by Crippen LogP contribution is -2.50. The molecule has 27 heavy (non-hydrogen) atoms. The largest absolute Gasteiger partial charge is 0.339 e. The Labute approximate surface area is 168 Å². The minimum Gasteiger partial charge on any atom is -0.339 e. The number of halogens is 1. The standard InChI is InChI=1S/C21H24BrN3O2/c1-16-4-2-5-17(12-16)14-25(15-20(26)24-10-8-23-9-11-24)21(27)18-6-3-7-19(22)13-18/h2-7,12-13,23H,8-11,14-15H2,1H3. The third kappa shape index (κ3) is 5.40. The second-order valence-electron chi connectivity index (χ2n) is 6.79. The molecule has 1 fully saturated rings. The van der Waals surface area contributed by atoms with Gasteiger partial charge in [-0.1, -0.05) is 51.8 Å². The molecule has 0 unspecified atom stereocenters. The molecule has 0 aliphatic carbocycles. The van der Waals surface area contributed by atoms with E-state index < -0.39 is 0 Å². The van der Waals surface area contributed by atoms with E-state index in [0.29, 0.717) is 25.2 Å². The summed E-state index contributed by atoms with van der Waals surface area (Å²) in [5, 5.41) is 3.24. The minimum atomic E-state index is -0.138. The van der Waals surface area contributed by atoms with E-state index in [2.05, 4.69) is 27.3 Å². The molecule has 0 bridgehead atoms. The zero-order valence-corrected chi connectivity index (χ0v) is 17.0. The fraction of sp³-hybridized carbons (Fsp3) is 0.333. The van der Waals surface area contributed by atoms with Gasteiger partial charge in [0.2, 0.25) is 5.91 Å². The Morgan fingerprint density at radius 3 is 2.56 bits per heavy atom. The number of hydrogen-bond acceptors (Lipinski definition) is 3. The van der Waals surface area contributed by atoms with Crippen molar-refractivity contribution in [3.05, 3.63) is 69.7 Å². The SMILES string of the molecule is Cc1cccc(CN(CC(=O)N2CCNCC2)C(=O)c2cccc(Br)c2)c1. The maximum Gasteiger partial charge on any atom is 0.254 e. The Kier molecular flexibility index (Phi) is 6.63. The summed E-state index contributed by atoms with van der Waals surface area (Å²) in [4.78, 5) is 29.4. The summed E-state index contributed by atoms with van der Waals surface area (Å²) in [6.45, 7) is 5.47. The molecule has 0 saturated carbocycles. The van der Waals surface area contributed by atoms with Crippen LogP contribution in [-0.4, -0.2) is 54.3 Å². The Morgan fingerprint density at radius 2 is 1.85 bits per heavy atom. The molecule has 1 aliphatic heterocycles. The van der Waals surface area contributed by atoms with E-state index in [0.717, 1.165) is 28.7 Å². The maximum absolute atomic E-state index is 13.1. The van der Waals surface area contributed by atoms with E-state index in [1.165, 1.54) is 0 Å². The first kappa shape index (κ1) is 19.6. The fourth-order valence-corrected chi connectivity index (χ4v) is 3.61. The smallest absolute Gasteiger partial charge is 0.254 e. The number of amides is 2. The van der Waals surface area contributed by atoms with Crippen LogP contribution in [-0.2, 0) is 11.3 Å². The highest BCUT2D eigenvalue weighted by atomic mass is 79.9. The zero-order chi connectivity index (χ0) is 19.2. The van der Waals surface area contributed by atoms with Gasteiger partial charge in [-0.05, 0) is 30.7 Å². The van der Waals surface area contributed by atoms with Crippen molar-refractivity contribution in [2.75, 3.05) is 32.7 Å². The molecule has 0 spiro atoms. The third-order valence-corrected chi connectivity index (χ3v) is 5.10. The van der Waals surface area contributed by atoms with Crippen LogP contribution in [0.4, 0.5) is 0 Å². The number of carbonyl (C=O) groups is 2. The quantitative estimate of drug-likeness (QED) is 0.794. The topological polar surface area (TPSA) is 52.7 Å². The van der Waals surface area contributed by atoms with Gasteiger partial charge in [0, 0.05) is 42.8 Å². The first-order valence-electron chi connectivity index (χ1n) is 9.12. The molecule has 3 rings (SSSR count). The summed E-state index contributed by atoms with van der Waals surface area (Å²) >= 11 is 3.42. The third-order valence-electron chi connectivity index (χ3n) is 4.61. The van der Waals surface area contributed by atoms with Gasteiger partial charge in [0.25, 0.3) is 5.91 Å². The molecule has 0 aromatic heterocycles. The van der Waals surface area contributed by atoms with Gasteiger partial charge in [0.15, 0.2) is 0 Å². The van der Waals surface area contributed by atoms with E-state index in [4.69, 9.17) is 0 Å². The van der Waals surface area contributed by atoms with E-state index in [9.17, 15) is 9.59 Å². The Balaban J connectivity index is 1.81. The highest BCUT2D eigenvalue weighted by Gasteiger charge is 2.23. The highest BCUT2D eigenvalue weighted by Crippen LogP contribution is 2.16. The van der Waals surface area contributed by atoms with Gasteiger partial charge in [-0.2, -0.15) is 0 Å². The van der Waals surface area contributed by atoms with Crippen molar-refractivity contribution in [1.82, 2.24) is 15.1 Å². The lowest BCUT2D eigenvalue weighted by Gasteiger charge is -2.30. The van der Waals surface area contributed by atoms with E-state index in [1.807, 2.05) is 42.2 Å². The van der Waals surface area contributed by atoms with Crippen molar-refractivity contribution in [2.24, 2.45) is 0 Å². The van der Waals surface area contributed by atoms with Crippen molar-refractivity contribution in [3.8, 4) is 0 Å². The summed E-state index contributed by atoms with van der Waals surface area (Å²) in [6, 6.07) is 15.3. The number of piperazine rings is 1. The first-order valence-corrected chi connectivity index (χ1v) is 9.91. The second kappa shape index (κ2) is 9.15. The number of benzene rings is 2. The summed E-state index contributed by atoms with van der Waals surface area (Å²) in [7, 11) is 0. The minimum absolute atomic E-state index is 0.00694.